The third-order valence-electron chi connectivity index (χ3n) is 9.63. The van der Waals surface area contributed by atoms with E-state index in [0.717, 1.165) is 11.3 Å². The maximum absolute atomic E-state index is 14.2. The number of carbonyl (C=O) groups is 4. The van der Waals surface area contributed by atoms with Gasteiger partial charge in [0.25, 0.3) is 0 Å². The molecule has 1 N–H and O–H groups in total. The van der Waals surface area contributed by atoms with Gasteiger partial charge >= 0.3 is 0 Å². The van der Waals surface area contributed by atoms with Crippen LogP contribution >= 0.6 is 15.9 Å². The zero-order chi connectivity index (χ0) is 33.9. The molecule has 1 heterocycles. The summed E-state index contributed by atoms with van der Waals surface area (Å²) >= 11 is 3.24. The molecule has 0 saturated carbocycles. The summed E-state index contributed by atoms with van der Waals surface area (Å²) in [5.74, 6) is -3.68. The van der Waals surface area contributed by atoms with Crippen LogP contribution in [0, 0.1) is 17.8 Å². The summed E-state index contributed by atoms with van der Waals surface area (Å²) in [4.78, 5) is 58.2. The second-order valence-electron chi connectivity index (χ2n) is 12.5. The molecule has 48 heavy (non-hydrogen) atoms. The lowest BCUT2D eigenvalue weighted by Gasteiger charge is -2.42. The Hall–Kier alpha value is -5.16. The molecule has 11 heteroatoms. The predicted molar refractivity (Wildman–Crippen MR) is 183 cm³/mol. The van der Waals surface area contributed by atoms with Crippen LogP contribution in [0.15, 0.2) is 110 Å². The Bertz CT molecular complexity index is 2010. The Morgan fingerprint density at radius 3 is 2.19 bits per heavy atom. The second-order valence-corrected chi connectivity index (χ2v) is 13.3. The number of carbonyl (C=O) groups excluding carboxylic acids is 4. The van der Waals surface area contributed by atoms with Gasteiger partial charge in [0.2, 0.25) is 11.8 Å². The fourth-order valence-corrected chi connectivity index (χ4v) is 7.76. The third kappa shape index (κ3) is 5.18. The van der Waals surface area contributed by atoms with E-state index >= 15 is 0 Å². The highest BCUT2D eigenvalue weighted by Crippen LogP contribution is 2.56. The van der Waals surface area contributed by atoms with Gasteiger partial charge in [-0.05, 0) is 89.3 Å². The summed E-state index contributed by atoms with van der Waals surface area (Å²) in [5, 5.41) is 19.7. The Morgan fingerprint density at radius 2 is 1.56 bits per heavy atom. The fraction of sp³-hybridized carbons (Fsp3) is 0.243. The number of amides is 2. The number of ether oxygens (including phenoxy) is 1. The van der Waals surface area contributed by atoms with Crippen molar-refractivity contribution >= 4 is 62.1 Å². The molecule has 0 bridgehead atoms. The van der Waals surface area contributed by atoms with Crippen molar-refractivity contribution in [2.45, 2.75) is 18.8 Å². The van der Waals surface area contributed by atoms with E-state index < -0.39 is 23.7 Å². The molecular weight excluding hydrogens is 676 g/mol. The molecule has 2 amide bonds. The number of nitrogens with zero attached hydrogens (tertiary/aromatic N) is 4. The number of methoxy groups -OCH3 is 1. The molecule has 4 unspecified atom stereocenters. The SMILES string of the molecule is COc1ccc(C2C3=CCC4C(=O)N(c5ccc(N=Nc6ccc(N(C)C)cc6)cc5)C(=O)C4C3CC3=C2C(=O)C=C(Br)C3=O)c(O)c1. The van der Waals surface area contributed by atoms with Crippen molar-refractivity contribution in [1.82, 2.24) is 0 Å². The average molecular weight is 708 g/mol. The molecule has 3 aliphatic carbocycles. The lowest BCUT2D eigenvalue weighted by atomic mass is 9.59. The maximum atomic E-state index is 14.2. The number of hydrogen-bond acceptors (Lipinski definition) is 9. The molecule has 0 radical (unpaired) electrons. The monoisotopic (exact) mass is 706 g/mol. The van der Waals surface area contributed by atoms with Gasteiger partial charge in [-0.15, -0.1) is 0 Å². The zero-order valence-electron chi connectivity index (χ0n) is 26.4. The minimum atomic E-state index is -0.764. The van der Waals surface area contributed by atoms with Crippen molar-refractivity contribution in [3.8, 4) is 11.5 Å². The van der Waals surface area contributed by atoms with Crippen LogP contribution in [-0.4, -0.2) is 49.7 Å². The van der Waals surface area contributed by atoms with E-state index in [9.17, 15) is 24.3 Å². The van der Waals surface area contributed by atoms with Crippen molar-refractivity contribution < 1.29 is 29.0 Å². The summed E-state index contributed by atoms with van der Waals surface area (Å²) in [6.45, 7) is 0. The molecule has 1 saturated heterocycles. The quantitative estimate of drug-likeness (QED) is 0.129. The first-order valence-electron chi connectivity index (χ1n) is 15.5. The highest BCUT2D eigenvalue weighted by Gasteiger charge is 2.56. The normalized spacial score (nSPS) is 23.5. The van der Waals surface area contributed by atoms with Gasteiger partial charge in [-0.1, -0.05) is 17.7 Å². The molecule has 0 aromatic heterocycles. The Morgan fingerprint density at radius 1 is 0.896 bits per heavy atom. The van der Waals surface area contributed by atoms with Crippen molar-refractivity contribution in [1.29, 1.82) is 0 Å². The number of benzene rings is 3. The topological polar surface area (TPSA) is 129 Å². The van der Waals surface area contributed by atoms with Gasteiger partial charge in [0.05, 0.1) is 40.5 Å². The number of halogens is 1. The predicted octanol–water partition coefficient (Wildman–Crippen LogP) is 6.85. The number of Topliss-reactive ketones (excluding diaryl/α,β-unsaturated/α-hetero) is 1. The molecule has 242 valence electrons. The van der Waals surface area contributed by atoms with Crippen LogP contribution in [0.2, 0.25) is 0 Å². The highest BCUT2D eigenvalue weighted by molar-refractivity contribution is 9.12. The first kappa shape index (κ1) is 31.4. The number of aromatic hydroxyl groups is 1. The molecule has 0 spiro atoms. The van der Waals surface area contributed by atoms with Gasteiger partial charge in [-0.2, -0.15) is 10.2 Å². The lowest BCUT2D eigenvalue weighted by Crippen LogP contribution is -2.39. The van der Waals surface area contributed by atoms with Crippen molar-refractivity contribution in [3.05, 3.63) is 106 Å². The number of phenols is 1. The Labute approximate surface area is 285 Å². The van der Waals surface area contributed by atoms with Gasteiger partial charge < -0.3 is 14.7 Å². The van der Waals surface area contributed by atoms with E-state index in [1.54, 1.807) is 36.4 Å². The van der Waals surface area contributed by atoms with Gasteiger partial charge in [0.15, 0.2) is 11.6 Å². The van der Waals surface area contributed by atoms with E-state index in [4.69, 9.17) is 4.74 Å². The molecule has 4 atom stereocenters. The summed E-state index contributed by atoms with van der Waals surface area (Å²) in [5.41, 5.74) is 4.48. The van der Waals surface area contributed by atoms with E-state index in [1.807, 2.05) is 49.3 Å². The molecular formula is C37H31BrN4O6. The number of allylic oxidation sites excluding steroid dienone is 6. The number of ketones is 2. The van der Waals surface area contributed by atoms with Crippen molar-refractivity contribution in [3.63, 3.8) is 0 Å². The highest BCUT2D eigenvalue weighted by atomic mass is 79.9. The number of rotatable bonds is 6. The third-order valence-corrected chi connectivity index (χ3v) is 10.2. The zero-order valence-corrected chi connectivity index (χ0v) is 28.0. The van der Waals surface area contributed by atoms with E-state index in [-0.39, 0.29) is 52.0 Å². The number of imide groups is 1. The largest absolute Gasteiger partial charge is 0.507 e. The number of azo groups is 1. The molecule has 4 aliphatic rings. The standard InChI is InChI=1S/C37H31BrN4O6/c1-41(2)21-8-4-19(5-9-21)39-40-20-6-10-22(11-7-20)42-36(46)26-15-14-24-27(33(26)37(42)47)17-28-34(31(44)18-29(38)35(28)45)32(24)25-13-12-23(48-3)16-30(25)43/h4-14,16,18,26-27,32-33,43H,15,17H2,1-3H3. The minimum absolute atomic E-state index is 0.0954. The number of anilines is 2. The molecule has 1 fully saturated rings. The number of hydrogen-bond donors (Lipinski definition) is 1. The number of fused-ring (bicyclic) bond motifs is 3. The second kappa shape index (κ2) is 12.1. The van der Waals surface area contributed by atoms with E-state index in [2.05, 4.69) is 26.2 Å². The molecule has 7 rings (SSSR count). The van der Waals surface area contributed by atoms with Gasteiger partial charge in [0.1, 0.15) is 11.5 Å². The number of phenolic OH excluding ortho intramolecular Hbond substituents is 1. The summed E-state index contributed by atoms with van der Waals surface area (Å²) in [6.07, 6.45) is 3.59. The summed E-state index contributed by atoms with van der Waals surface area (Å²) in [7, 11) is 5.41. The van der Waals surface area contributed by atoms with Crippen molar-refractivity contribution in [2.24, 2.45) is 28.0 Å². The Balaban J connectivity index is 1.20. The molecule has 3 aromatic carbocycles. The van der Waals surface area contributed by atoms with Crippen LogP contribution < -0.4 is 14.5 Å². The average Bonchev–Trinajstić information content (AvgIpc) is 3.35. The van der Waals surface area contributed by atoms with Gasteiger partial charge in [-0.3, -0.25) is 24.1 Å². The summed E-state index contributed by atoms with van der Waals surface area (Å²) in [6, 6.07) is 19.2. The Kier molecular flexibility index (Phi) is 7.95. The van der Waals surface area contributed by atoms with Gasteiger partial charge in [-0.25, -0.2) is 0 Å². The molecule has 3 aromatic rings. The van der Waals surface area contributed by atoms with E-state index in [1.165, 1.54) is 24.2 Å². The maximum Gasteiger partial charge on any atom is 0.238 e. The molecule has 10 nitrogen and oxygen atoms in total. The first-order chi connectivity index (χ1) is 23.1. The van der Waals surface area contributed by atoms with Crippen LogP contribution in [0.3, 0.4) is 0 Å². The van der Waals surface area contributed by atoms with Crippen LogP contribution in [0.5, 0.6) is 11.5 Å². The first-order valence-corrected chi connectivity index (χ1v) is 16.3. The molecule has 1 aliphatic heterocycles. The lowest BCUT2D eigenvalue weighted by molar-refractivity contribution is -0.123. The van der Waals surface area contributed by atoms with Crippen LogP contribution in [-0.2, 0) is 19.2 Å². The van der Waals surface area contributed by atoms with E-state index in [0.29, 0.717) is 33.9 Å². The van der Waals surface area contributed by atoms with Crippen molar-refractivity contribution in [2.75, 3.05) is 31.0 Å². The van der Waals surface area contributed by atoms with Crippen LogP contribution in [0.1, 0.15) is 24.3 Å². The summed E-state index contributed by atoms with van der Waals surface area (Å²) < 4.78 is 5.41. The fourth-order valence-electron chi connectivity index (χ4n) is 7.31. The van der Waals surface area contributed by atoms with Crippen LogP contribution in [0.4, 0.5) is 22.7 Å². The van der Waals surface area contributed by atoms with Gasteiger partial charge in [0, 0.05) is 54.6 Å². The van der Waals surface area contributed by atoms with Crippen LogP contribution in [0.25, 0.3) is 0 Å². The smallest absolute Gasteiger partial charge is 0.238 e. The minimum Gasteiger partial charge on any atom is -0.507 e.